The lowest BCUT2D eigenvalue weighted by molar-refractivity contribution is 0.0948. The maximum Gasteiger partial charge on any atom is 0.272 e. The molecule has 2 N–H and O–H groups in total. The zero-order valence-corrected chi connectivity index (χ0v) is 13.9. The van der Waals surface area contributed by atoms with E-state index in [1.165, 1.54) is 4.40 Å². The van der Waals surface area contributed by atoms with Crippen LogP contribution in [0.2, 0.25) is 0 Å². The fourth-order valence-corrected chi connectivity index (χ4v) is 2.49. The Hall–Kier alpha value is -3.29. The highest BCUT2D eigenvalue weighted by Gasteiger charge is 2.21. The summed E-state index contributed by atoms with van der Waals surface area (Å²) < 4.78 is 28.2. The molecule has 0 aliphatic rings. The van der Waals surface area contributed by atoms with E-state index in [0.717, 1.165) is 18.6 Å². The smallest absolute Gasteiger partial charge is 0.272 e. The molecular formula is C18H16F2N4O2. The second kappa shape index (κ2) is 7.30. The van der Waals surface area contributed by atoms with Gasteiger partial charge in [-0.05, 0) is 30.7 Å². The molecule has 0 spiro atoms. The minimum Gasteiger partial charge on any atom is -0.351 e. The van der Waals surface area contributed by atoms with Crippen molar-refractivity contribution in [2.75, 3.05) is 11.9 Å². The summed E-state index contributed by atoms with van der Waals surface area (Å²) >= 11 is 0. The Morgan fingerprint density at radius 1 is 1.12 bits per heavy atom. The number of anilines is 1. The van der Waals surface area contributed by atoms with Gasteiger partial charge in [-0.25, -0.2) is 13.8 Å². The molecule has 26 heavy (non-hydrogen) atoms. The molecular weight excluding hydrogens is 342 g/mol. The number of rotatable bonds is 5. The summed E-state index contributed by atoms with van der Waals surface area (Å²) in [6.07, 6.45) is 2.38. The van der Waals surface area contributed by atoms with Crippen LogP contribution >= 0.6 is 0 Å². The van der Waals surface area contributed by atoms with Gasteiger partial charge < -0.3 is 10.6 Å². The van der Waals surface area contributed by atoms with Crippen LogP contribution in [0.1, 0.15) is 34.2 Å². The van der Waals surface area contributed by atoms with Crippen molar-refractivity contribution in [1.29, 1.82) is 0 Å². The van der Waals surface area contributed by atoms with Crippen molar-refractivity contribution in [2.24, 2.45) is 0 Å². The third-order valence-corrected chi connectivity index (χ3v) is 3.64. The maximum absolute atomic E-state index is 13.3. The van der Waals surface area contributed by atoms with Crippen molar-refractivity contribution in [1.82, 2.24) is 14.7 Å². The average molecular weight is 358 g/mol. The zero-order valence-electron chi connectivity index (χ0n) is 13.9. The summed E-state index contributed by atoms with van der Waals surface area (Å²) in [6.45, 7) is 2.37. The monoisotopic (exact) mass is 358 g/mol. The van der Waals surface area contributed by atoms with E-state index in [1.54, 1.807) is 24.4 Å². The molecule has 0 atom stereocenters. The molecule has 6 nitrogen and oxygen atoms in total. The Labute approximate surface area is 147 Å². The quantitative estimate of drug-likeness (QED) is 0.736. The van der Waals surface area contributed by atoms with Gasteiger partial charge in [-0.3, -0.25) is 14.0 Å². The molecule has 0 radical (unpaired) electrons. The van der Waals surface area contributed by atoms with E-state index in [0.29, 0.717) is 18.3 Å². The Morgan fingerprint density at radius 3 is 2.54 bits per heavy atom. The minimum atomic E-state index is -0.869. The maximum atomic E-state index is 13.3. The highest BCUT2D eigenvalue weighted by Crippen LogP contribution is 2.19. The Morgan fingerprint density at radius 2 is 1.85 bits per heavy atom. The van der Waals surface area contributed by atoms with Crippen LogP contribution in [0.4, 0.5) is 14.6 Å². The first-order valence-corrected chi connectivity index (χ1v) is 8.02. The second-order valence-corrected chi connectivity index (χ2v) is 5.61. The van der Waals surface area contributed by atoms with Crippen LogP contribution in [-0.2, 0) is 0 Å². The van der Waals surface area contributed by atoms with Gasteiger partial charge in [0.05, 0.1) is 0 Å². The molecule has 2 amide bonds. The lowest BCUT2D eigenvalue weighted by Gasteiger charge is -2.07. The van der Waals surface area contributed by atoms with Gasteiger partial charge in [0.2, 0.25) is 0 Å². The van der Waals surface area contributed by atoms with Gasteiger partial charge in [-0.1, -0.05) is 13.0 Å². The molecule has 134 valence electrons. The SMILES string of the molecule is CCCNC(=O)c1c(NC(=O)c2cc(F)cc(F)c2)nc2ccccn12. The number of hydrogen-bond acceptors (Lipinski definition) is 3. The van der Waals surface area contributed by atoms with Crippen molar-refractivity contribution < 1.29 is 18.4 Å². The molecule has 0 aliphatic carbocycles. The fourth-order valence-electron chi connectivity index (χ4n) is 2.49. The van der Waals surface area contributed by atoms with Crippen LogP contribution in [-0.4, -0.2) is 27.7 Å². The number of carbonyl (C=O) groups is 2. The first-order valence-electron chi connectivity index (χ1n) is 8.02. The molecule has 2 aromatic heterocycles. The van der Waals surface area contributed by atoms with Gasteiger partial charge in [-0.2, -0.15) is 0 Å². The molecule has 0 unspecified atom stereocenters. The normalized spacial score (nSPS) is 10.7. The van der Waals surface area contributed by atoms with Crippen molar-refractivity contribution >= 4 is 23.3 Å². The first kappa shape index (κ1) is 17.5. The van der Waals surface area contributed by atoms with E-state index in [4.69, 9.17) is 0 Å². The average Bonchev–Trinajstić information content (AvgIpc) is 2.96. The van der Waals surface area contributed by atoms with Crippen LogP contribution in [0.25, 0.3) is 5.65 Å². The number of halogens is 2. The van der Waals surface area contributed by atoms with Crippen LogP contribution in [0.3, 0.4) is 0 Å². The largest absolute Gasteiger partial charge is 0.351 e. The molecule has 1 aromatic carbocycles. The number of pyridine rings is 1. The molecule has 0 fully saturated rings. The summed E-state index contributed by atoms with van der Waals surface area (Å²) in [5.41, 5.74) is 0.383. The van der Waals surface area contributed by atoms with Gasteiger partial charge in [0.1, 0.15) is 17.3 Å². The van der Waals surface area contributed by atoms with E-state index in [1.807, 2.05) is 6.92 Å². The van der Waals surface area contributed by atoms with E-state index in [2.05, 4.69) is 15.6 Å². The second-order valence-electron chi connectivity index (χ2n) is 5.61. The van der Waals surface area contributed by atoms with Crippen molar-refractivity contribution in [3.63, 3.8) is 0 Å². The number of aromatic nitrogens is 2. The van der Waals surface area contributed by atoms with Crippen LogP contribution in [0.5, 0.6) is 0 Å². The number of carbonyl (C=O) groups excluding carboxylic acids is 2. The number of amides is 2. The predicted molar refractivity (Wildman–Crippen MR) is 92.1 cm³/mol. The highest BCUT2D eigenvalue weighted by molar-refractivity contribution is 6.08. The Bertz CT molecular complexity index is 964. The van der Waals surface area contributed by atoms with E-state index < -0.39 is 23.4 Å². The molecule has 0 aliphatic heterocycles. The number of imidazole rings is 1. The summed E-state index contributed by atoms with van der Waals surface area (Å²) in [5.74, 6) is -2.90. The molecule has 0 bridgehead atoms. The lowest BCUT2D eigenvalue weighted by Crippen LogP contribution is -2.27. The molecule has 3 rings (SSSR count). The van der Waals surface area contributed by atoms with E-state index in [-0.39, 0.29) is 17.1 Å². The standard InChI is InChI=1S/C18H16F2N4O2/c1-2-6-21-18(26)15-16(22-14-5-3-4-7-24(14)15)23-17(25)11-8-12(19)10-13(20)9-11/h3-5,7-10H,2,6H2,1H3,(H,21,26)(H,23,25). The topological polar surface area (TPSA) is 75.5 Å². The van der Waals surface area contributed by atoms with Crippen LogP contribution < -0.4 is 10.6 Å². The highest BCUT2D eigenvalue weighted by atomic mass is 19.1. The predicted octanol–water partition coefficient (Wildman–Crippen LogP) is 3.00. The number of nitrogens with zero attached hydrogens (tertiary/aromatic N) is 2. The van der Waals surface area contributed by atoms with Gasteiger partial charge in [-0.15, -0.1) is 0 Å². The first-order chi connectivity index (χ1) is 12.5. The molecule has 0 saturated carbocycles. The molecule has 2 heterocycles. The summed E-state index contributed by atoms with van der Waals surface area (Å²) in [6, 6.07) is 7.62. The summed E-state index contributed by atoms with van der Waals surface area (Å²) in [4.78, 5) is 29.1. The minimum absolute atomic E-state index is 0.0134. The third kappa shape index (κ3) is 3.53. The summed E-state index contributed by atoms with van der Waals surface area (Å²) in [7, 11) is 0. The van der Waals surface area contributed by atoms with Crippen LogP contribution in [0, 0.1) is 11.6 Å². The van der Waals surface area contributed by atoms with E-state index >= 15 is 0 Å². The number of benzene rings is 1. The summed E-state index contributed by atoms with van der Waals surface area (Å²) in [5, 5.41) is 5.19. The van der Waals surface area contributed by atoms with Gasteiger partial charge in [0, 0.05) is 24.4 Å². The molecule has 0 saturated heterocycles. The van der Waals surface area contributed by atoms with Gasteiger partial charge >= 0.3 is 0 Å². The number of nitrogens with one attached hydrogen (secondary N) is 2. The Kier molecular flexibility index (Phi) is 4.92. The van der Waals surface area contributed by atoms with E-state index in [9.17, 15) is 18.4 Å². The van der Waals surface area contributed by atoms with Crippen molar-refractivity contribution in [2.45, 2.75) is 13.3 Å². The third-order valence-electron chi connectivity index (χ3n) is 3.64. The number of hydrogen-bond donors (Lipinski definition) is 2. The van der Waals surface area contributed by atoms with Crippen LogP contribution in [0.15, 0.2) is 42.6 Å². The molecule has 8 heteroatoms. The lowest BCUT2D eigenvalue weighted by atomic mass is 10.2. The van der Waals surface area contributed by atoms with Gasteiger partial charge in [0.15, 0.2) is 11.5 Å². The zero-order chi connectivity index (χ0) is 18.7. The van der Waals surface area contributed by atoms with Crippen molar-refractivity contribution in [3.05, 3.63) is 65.5 Å². The number of fused-ring (bicyclic) bond motifs is 1. The molecule has 3 aromatic rings. The van der Waals surface area contributed by atoms with Crippen molar-refractivity contribution in [3.8, 4) is 0 Å². The fraction of sp³-hybridized carbons (Fsp3) is 0.167. The Balaban J connectivity index is 1.98. The van der Waals surface area contributed by atoms with Gasteiger partial charge in [0.25, 0.3) is 11.8 Å².